The summed E-state index contributed by atoms with van der Waals surface area (Å²) in [5.74, 6) is 1.06. The second kappa shape index (κ2) is 8.68. The zero-order chi connectivity index (χ0) is 14.2. The highest BCUT2D eigenvalue weighted by molar-refractivity contribution is 9.10. The summed E-state index contributed by atoms with van der Waals surface area (Å²) in [7, 11) is 0. The number of nitrogens with one attached hydrogen (secondary N) is 1. The van der Waals surface area contributed by atoms with Gasteiger partial charge in [0.2, 0.25) is 0 Å². The number of ether oxygens (including phenoxy) is 1. The fraction of sp³-hybridized carbons (Fsp3) is 0.647. The van der Waals surface area contributed by atoms with Crippen molar-refractivity contribution in [3.8, 4) is 5.75 Å². The molecule has 0 spiro atoms. The highest BCUT2D eigenvalue weighted by atomic mass is 79.9. The molecule has 0 fully saturated rings. The maximum absolute atomic E-state index is 5.94. The first-order valence-corrected chi connectivity index (χ1v) is 8.74. The van der Waals surface area contributed by atoms with E-state index >= 15 is 0 Å². The number of fused-ring (bicyclic) bond motifs is 1. The van der Waals surface area contributed by atoms with Gasteiger partial charge in [-0.05, 0) is 36.7 Å². The molecule has 1 N–H and O–H groups in total. The Morgan fingerprint density at radius 2 is 2.00 bits per heavy atom. The molecule has 3 heteroatoms. The fourth-order valence-electron chi connectivity index (χ4n) is 2.70. The topological polar surface area (TPSA) is 21.3 Å². The molecule has 1 aromatic rings. The molecule has 0 amide bonds. The van der Waals surface area contributed by atoms with E-state index in [1.165, 1.54) is 44.1 Å². The molecule has 112 valence electrons. The van der Waals surface area contributed by atoms with E-state index in [9.17, 15) is 0 Å². The summed E-state index contributed by atoms with van der Waals surface area (Å²) in [6.07, 6.45) is 9.46. The van der Waals surface area contributed by atoms with Crippen LogP contribution in [0.2, 0.25) is 0 Å². The van der Waals surface area contributed by atoms with Crippen LogP contribution in [0.3, 0.4) is 0 Å². The Bertz CT molecular complexity index is 408. The lowest BCUT2D eigenvalue weighted by Gasteiger charge is -2.11. The van der Waals surface area contributed by atoms with E-state index in [1.54, 1.807) is 0 Å². The number of benzene rings is 1. The Morgan fingerprint density at radius 3 is 2.85 bits per heavy atom. The SMILES string of the molecule is CCCCCCCCNCC1Cc2cc(Br)ccc2O1. The van der Waals surface area contributed by atoms with Crippen molar-refractivity contribution in [1.82, 2.24) is 5.32 Å². The molecule has 20 heavy (non-hydrogen) atoms. The minimum Gasteiger partial charge on any atom is -0.488 e. The van der Waals surface area contributed by atoms with Gasteiger partial charge in [-0.2, -0.15) is 0 Å². The molecule has 0 radical (unpaired) electrons. The van der Waals surface area contributed by atoms with Crippen molar-refractivity contribution in [2.45, 2.75) is 58.0 Å². The molecule has 0 bridgehead atoms. The maximum Gasteiger partial charge on any atom is 0.123 e. The Hall–Kier alpha value is -0.540. The van der Waals surface area contributed by atoms with Crippen LogP contribution >= 0.6 is 15.9 Å². The van der Waals surface area contributed by atoms with Crippen LogP contribution in [0.25, 0.3) is 0 Å². The lowest BCUT2D eigenvalue weighted by molar-refractivity contribution is 0.227. The lowest BCUT2D eigenvalue weighted by Crippen LogP contribution is -2.30. The van der Waals surface area contributed by atoms with Crippen molar-refractivity contribution in [3.63, 3.8) is 0 Å². The second-order valence-electron chi connectivity index (χ2n) is 5.67. The highest BCUT2D eigenvalue weighted by Crippen LogP contribution is 2.30. The molecule has 1 atom stereocenters. The van der Waals surface area contributed by atoms with Gasteiger partial charge in [0.05, 0.1) is 0 Å². The van der Waals surface area contributed by atoms with Gasteiger partial charge in [0.25, 0.3) is 0 Å². The minimum absolute atomic E-state index is 0.305. The van der Waals surface area contributed by atoms with Gasteiger partial charge in [-0.25, -0.2) is 0 Å². The highest BCUT2D eigenvalue weighted by Gasteiger charge is 2.22. The average molecular weight is 340 g/mol. The average Bonchev–Trinajstić information content (AvgIpc) is 2.83. The van der Waals surface area contributed by atoms with Crippen molar-refractivity contribution in [2.24, 2.45) is 0 Å². The van der Waals surface area contributed by atoms with Gasteiger partial charge in [-0.15, -0.1) is 0 Å². The first kappa shape index (κ1) is 15.8. The number of rotatable bonds is 9. The molecule has 1 aliphatic rings. The molecule has 1 aliphatic heterocycles. The Balaban J connectivity index is 1.54. The van der Waals surface area contributed by atoms with Gasteiger partial charge in [0.1, 0.15) is 11.9 Å². The molecule has 1 heterocycles. The summed E-state index contributed by atoms with van der Waals surface area (Å²) in [5.41, 5.74) is 1.32. The lowest BCUT2D eigenvalue weighted by atomic mass is 10.1. The minimum atomic E-state index is 0.305. The van der Waals surface area contributed by atoms with Crippen LogP contribution in [0, 0.1) is 0 Å². The van der Waals surface area contributed by atoms with Gasteiger partial charge in [-0.1, -0.05) is 55.0 Å². The van der Waals surface area contributed by atoms with E-state index in [0.29, 0.717) is 6.10 Å². The molecular weight excluding hydrogens is 314 g/mol. The summed E-state index contributed by atoms with van der Waals surface area (Å²) in [5, 5.41) is 3.53. The number of unbranched alkanes of at least 4 members (excludes halogenated alkanes) is 5. The van der Waals surface area contributed by atoms with Gasteiger partial charge in [0.15, 0.2) is 0 Å². The van der Waals surface area contributed by atoms with Crippen LogP contribution in [-0.2, 0) is 6.42 Å². The summed E-state index contributed by atoms with van der Waals surface area (Å²) in [6.45, 7) is 4.34. The number of hydrogen-bond acceptors (Lipinski definition) is 2. The third-order valence-corrected chi connectivity index (χ3v) is 4.34. The molecule has 2 rings (SSSR count). The van der Waals surface area contributed by atoms with E-state index in [-0.39, 0.29) is 0 Å². The zero-order valence-electron chi connectivity index (χ0n) is 12.5. The largest absolute Gasteiger partial charge is 0.488 e. The molecule has 1 unspecified atom stereocenters. The van der Waals surface area contributed by atoms with Crippen molar-refractivity contribution in [1.29, 1.82) is 0 Å². The van der Waals surface area contributed by atoms with E-state index in [2.05, 4.69) is 40.3 Å². The molecule has 2 nitrogen and oxygen atoms in total. The summed E-state index contributed by atoms with van der Waals surface area (Å²) in [4.78, 5) is 0. The van der Waals surface area contributed by atoms with Gasteiger partial charge < -0.3 is 10.1 Å². The zero-order valence-corrected chi connectivity index (χ0v) is 14.0. The molecule has 0 aliphatic carbocycles. The van der Waals surface area contributed by atoms with E-state index in [0.717, 1.165) is 29.7 Å². The van der Waals surface area contributed by atoms with Crippen LogP contribution in [0.1, 0.15) is 51.0 Å². The summed E-state index contributed by atoms with van der Waals surface area (Å²) < 4.78 is 7.08. The van der Waals surface area contributed by atoms with Crippen LogP contribution in [0.4, 0.5) is 0 Å². The maximum atomic E-state index is 5.94. The molecule has 0 aromatic heterocycles. The predicted molar refractivity (Wildman–Crippen MR) is 88.5 cm³/mol. The third-order valence-electron chi connectivity index (χ3n) is 3.84. The predicted octanol–water partition coefficient (Wildman–Crippen LogP) is 4.70. The number of hydrogen-bond donors (Lipinski definition) is 1. The second-order valence-corrected chi connectivity index (χ2v) is 6.58. The van der Waals surface area contributed by atoms with Crippen molar-refractivity contribution < 1.29 is 4.74 Å². The molecule has 1 aromatic carbocycles. The van der Waals surface area contributed by atoms with E-state index < -0.39 is 0 Å². The van der Waals surface area contributed by atoms with Gasteiger partial charge in [0, 0.05) is 17.4 Å². The monoisotopic (exact) mass is 339 g/mol. The van der Waals surface area contributed by atoms with Crippen LogP contribution in [0.15, 0.2) is 22.7 Å². The van der Waals surface area contributed by atoms with Crippen LogP contribution in [-0.4, -0.2) is 19.2 Å². The third kappa shape index (κ3) is 5.10. The molecular formula is C17H26BrNO. The van der Waals surface area contributed by atoms with E-state index in [1.807, 2.05) is 6.07 Å². The number of halogens is 1. The first-order valence-electron chi connectivity index (χ1n) is 7.95. The van der Waals surface area contributed by atoms with Crippen LogP contribution in [0.5, 0.6) is 5.75 Å². The van der Waals surface area contributed by atoms with Gasteiger partial charge in [-0.3, -0.25) is 0 Å². The first-order chi connectivity index (χ1) is 9.79. The van der Waals surface area contributed by atoms with Crippen molar-refractivity contribution >= 4 is 15.9 Å². The van der Waals surface area contributed by atoms with Crippen molar-refractivity contribution in [3.05, 3.63) is 28.2 Å². The van der Waals surface area contributed by atoms with Crippen molar-refractivity contribution in [2.75, 3.05) is 13.1 Å². The molecule has 0 saturated carbocycles. The van der Waals surface area contributed by atoms with Crippen LogP contribution < -0.4 is 10.1 Å². The van der Waals surface area contributed by atoms with E-state index in [4.69, 9.17) is 4.74 Å². The normalized spacial score (nSPS) is 17.0. The smallest absolute Gasteiger partial charge is 0.123 e. The quantitative estimate of drug-likeness (QED) is 0.658. The summed E-state index contributed by atoms with van der Waals surface area (Å²) in [6, 6.07) is 6.28. The summed E-state index contributed by atoms with van der Waals surface area (Å²) >= 11 is 3.51. The standard InChI is InChI=1S/C17H26BrNO/c1-2-3-4-5-6-7-10-19-13-16-12-14-11-15(18)8-9-17(14)20-16/h8-9,11,16,19H,2-7,10,12-13H2,1H3. The fourth-order valence-corrected chi connectivity index (χ4v) is 3.10. The Kier molecular flexibility index (Phi) is 6.88. The molecule has 0 saturated heterocycles. The Morgan fingerprint density at radius 1 is 1.20 bits per heavy atom. The Labute approximate surface area is 131 Å². The van der Waals surface area contributed by atoms with Gasteiger partial charge >= 0.3 is 0 Å².